The van der Waals surface area contributed by atoms with Crippen molar-refractivity contribution >= 4 is 51.4 Å². The van der Waals surface area contributed by atoms with Crippen molar-refractivity contribution in [1.82, 2.24) is 0 Å². The van der Waals surface area contributed by atoms with E-state index in [9.17, 15) is 14.4 Å². The highest BCUT2D eigenvalue weighted by molar-refractivity contribution is 7.19. The number of para-hydroxylation sites is 1. The van der Waals surface area contributed by atoms with E-state index < -0.39 is 11.9 Å². The molecule has 166 valence electrons. The van der Waals surface area contributed by atoms with Crippen LogP contribution >= 0.6 is 22.9 Å². The molecule has 0 spiro atoms. The first-order valence-electron chi connectivity index (χ1n) is 9.74. The number of benzene rings is 2. The largest absolute Gasteiger partial charge is 0.484 e. The van der Waals surface area contributed by atoms with Crippen molar-refractivity contribution in [3.05, 3.63) is 75.6 Å². The van der Waals surface area contributed by atoms with Gasteiger partial charge in [-0.05, 0) is 55.8 Å². The predicted octanol–water partition coefficient (Wildman–Crippen LogP) is 5.16. The Bertz CT molecular complexity index is 1110. The second-order valence-corrected chi connectivity index (χ2v) is 8.05. The minimum atomic E-state index is -0.617. The van der Waals surface area contributed by atoms with Gasteiger partial charge in [-0.3, -0.25) is 9.59 Å². The van der Waals surface area contributed by atoms with Crippen molar-refractivity contribution in [3.8, 4) is 5.75 Å². The van der Waals surface area contributed by atoms with Gasteiger partial charge in [0.15, 0.2) is 6.61 Å². The first kappa shape index (κ1) is 23.3. The molecule has 2 N–H and O–H groups in total. The van der Waals surface area contributed by atoms with E-state index >= 15 is 0 Å². The fourth-order valence-corrected chi connectivity index (χ4v) is 4.05. The molecule has 7 nitrogen and oxygen atoms in total. The number of esters is 1. The first-order chi connectivity index (χ1) is 15.4. The van der Waals surface area contributed by atoms with Gasteiger partial charge in [0.25, 0.3) is 11.8 Å². The lowest BCUT2D eigenvalue weighted by Crippen LogP contribution is -2.21. The number of carbonyl (C=O) groups is 3. The number of anilines is 2. The summed E-state index contributed by atoms with van der Waals surface area (Å²) in [6, 6.07) is 15.5. The maximum atomic E-state index is 12.8. The zero-order valence-corrected chi connectivity index (χ0v) is 19.0. The van der Waals surface area contributed by atoms with Crippen LogP contribution in [0.4, 0.5) is 10.7 Å². The fraction of sp³-hybridized carbons (Fsp3) is 0.174. The van der Waals surface area contributed by atoms with E-state index in [1.165, 1.54) is 0 Å². The van der Waals surface area contributed by atoms with Crippen molar-refractivity contribution in [2.24, 2.45) is 0 Å². The molecule has 0 saturated heterocycles. The number of thiophene rings is 1. The molecule has 0 saturated carbocycles. The molecule has 2 amide bonds. The Morgan fingerprint density at radius 3 is 2.34 bits per heavy atom. The molecule has 3 aromatic rings. The summed E-state index contributed by atoms with van der Waals surface area (Å²) >= 11 is 6.84. The molecule has 32 heavy (non-hydrogen) atoms. The van der Waals surface area contributed by atoms with Gasteiger partial charge in [-0.25, -0.2) is 4.79 Å². The van der Waals surface area contributed by atoms with Gasteiger partial charge in [0.1, 0.15) is 10.8 Å². The highest BCUT2D eigenvalue weighted by Crippen LogP contribution is 2.34. The van der Waals surface area contributed by atoms with Crippen LogP contribution in [0.2, 0.25) is 5.02 Å². The van der Waals surface area contributed by atoms with Crippen molar-refractivity contribution in [2.75, 3.05) is 23.8 Å². The van der Waals surface area contributed by atoms with E-state index in [1.807, 2.05) is 6.07 Å². The molecule has 0 aliphatic carbocycles. The van der Waals surface area contributed by atoms with Crippen LogP contribution < -0.4 is 15.4 Å². The van der Waals surface area contributed by atoms with Crippen molar-refractivity contribution in [3.63, 3.8) is 0 Å². The Morgan fingerprint density at radius 1 is 1.00 bits per heavy atom. The number of carbonyl (C=O) groups excluding carboxylic acids is 3. The van der Waals surface area contributed by atoms with Crippen LogP contribution in [-0.2, 0) is 9.53 Å². The van der Waals surface area contributed by atoms with Gasteiger partial charge in [0.2, 0.25) is 0 Å². The Hall–Kier alpha value is -3.36. The Balaban J connectivity index is 1.79. The van der Waals surface area contributed by atoms with Crippen molar-refractivity contribution in [2.45, 2.75) is 13.8 Å². The summed E-state index contributed by atoms with van der Waals surface area (Å²) in [7, 11) is 0. The molecule has 0 radical (unpaired) electrons. The zero-order chi connectivity index (χ0) is 23.1. The quantitative estimate of drug-likeness (QED) is 0.442. The lowest BCUT2D eigenvalue weighted by atomic mass is 10.1. The van der Waals surface area contributed by atoms with Gasteiger partial charge in [-0.2, -0.15) is 0 Å². The van der Waals surface area contributed by atoms with E-state index in [4.69, 9.17) is 21.1 Å². The normalized spacial score (nSPS) is 10.3. The number of rotatable bonds is 8. The molecule has 1 heterocycles. The molecule has 0 bridgehead atoms. The number of hydrogen-bond donors (Lipinski definition) is 2. The van der Waals surface area contributed by atoms with Crippen LogP contribution in [0.5, 0.6) is 5.75 Å². The highest BCUT2D eigenvalue weighted by atomic mass is 35.5. The van der Waals surface area contributed by atoms with Crippen LogP contribution in [-0.4, -0.2) is 31.0 Å². The van der Waals surface area contributed by atoms with Gasteiger partial charge >= 0.3 is 5.97 Å². The van der Waals surface area contributed by atoms with Gasteiger partial charge in [-0.15, -0.1) is 11.3 Å². The lowest BCUT2D eigenvalue weighted by Gasteiger charge is -2.08. The van der Waals surface area contributed by atoms with Gasteiger partial charge < -0.3 is 20.1 Å². The second kappa shape index (κ2) is 10.8. The van der Waals surface area contributed by atoms with Gasteiger partial charge in [0, 0.05) is 10.7 Å². The highest BCUT2D eigenvalue weighted by Gasteiger charge is 2.26. The van der Waals surface area contributed by atoms with Gasteiger partial charge in [-0.1, -0.05) is 29.8 Å². The number of amides is 2. The fourth-order valence-electron chi connectivity index (χ4n) is 2.82. The number of halogens is 1. The SMILES string of the molecule is CCOC(=O)c1c(NC(=O)COc2ccc(Cl)cc2)sc(C(=O)Nc2ccccc2)c1C. The smallest absolute Gasteiger partial charge is 0.341 e. The zero-order valence-electron chi connectivity index (χ0n) is 17.4. The standard InChI is InChI=1S/C23H21ClN2O5S/c1-3-30-23(29)19-14(2)20(21(28)25-16-7-5-4-6-8-16)32-22(19)26-18(27)13-31-17-11-9-15(24)10-12-17/h4-12H,3,13H2,1-2H3,(H,25,28)(H,26,27). The molecular weight excluding hydrogens is 452 g/mol. The monoisotopic (exact) mass is 472 g/mol. The molecule has 3 rings (SSSR count). The Kier molecular flexibility index (Phi) is 7.86. The van der Waals surface area contributed by atoms with Crippen LogP contribution in [0.1, 0.15) is 32.5 Å². The molecule has 0 aliphatic heterocycles. The summed E-state index contributed by atoms with van der Waals surface area (Å²) in [5.74, 6) is -1.02. The second-order valence-electron chi connectivity index (χ2n) is 6.59. The summed E-state index contributed by atoms with van der Waals surface area (Å²) in [6.07, 6.45) is 0. The van der Waals surface area contributed by atoms with Crippen LogP contribution in [0.15, 0.2) is 54.6 Å². The topological polar surface area (TPSA) is 93.7 Å². The van der Waals surface area contributed by atoms with E-state index in [0.717, 1.165) is 11.3 Å². The lowest BCUT2D eigenvalue weighted by molar-refractivity contribution is -0.118. The number of nitrogens with one attached hydrogen (secondary N) is 2. The summed E-state index contributed by atoms with van der Waals surface area (Å²) in [5, 5.41) is 6.22. The molecule has 9 heteroatoms. The molecular formula is C23H21ClN2O5S. The number of hydrogen-bond acceptors (Lipinski definition) is 6. The van der Waals surface area contributed by atoms with E-state index in [0.29, 0.717) is 26.9 Å². The van der Waals surface area contributed by atoms with Crippen molar-refractivity contribution < 1.29 is 23.9 Å². The molecule has 0 unspecified atom stereocenters. The molecule has 0 atom stereocenters. The van der Waals surface area contributed by atoms with E-state index in [2.05, 4.69) is 10.6 Å². The Morgan fingerprint density at radius 2 is 1.69 bits per heavy atom. The first-order valence-corrected chi connectivity index (χ1v) is 10.9. The average Bonchev–Trinajstić information content (AvgIpc) is 3.10. The van der Waals surface area contributed by atoms with Crippen molar-refractivity contribution in [1.29, 1.82) is 0 Å². The summed E-state index contributed by atoms with van der Waals surface area (Å²) in [6.45, 7) is 3.20. The summed E-state index contributed by atoms with van der Waals surface area (Å²) in [4.78, 5) is 38.1. The Labute approximate surface area is 194 Å². The third-order valence-corrected chi connectivity index (χ3v) is 5.76. The third-order valence-electron chi connectivity index (χ3n) is 4.30. The van der Waals surface area contributed by atoms with E-state index in [-0.39, 0.29) is 29.7 Å². The molecule has 1 aromatic heterocycles. The van der Waals surface area contributed by atoms with Gasteiger partial charge in [0.05, 0.1) is 17.0 Å². The maximum Gasteiger partial charge on any atom is 0.341 e. The maximum absolute atomic E-state index is 12.8. The minimum Gasteiger partial charge on any atom is -0.484 e. The molecule has 0 fully saturated rings. The predicted molar refractivity (Wildman–Crippen MR) is 125 cm³/mol. The average molecular weight is 473 g/mol. The minimum absolute atomic E-state index is 0.148. The van der Waals surface area contributed by atoms with E-state index in [1.54, 1.807) is 62.4 Å². The third kappa shape index (κ3) is 5.87. The molecule has 0 aliphatic rings. The number of ether oxygens (including phenoxy) is 2. The van der Waals surface area contributed by atoms with Crippen LogP contribution in [0, 0.1) is 6.92 Å². The van der Waals surface area contributed by atoms with Crippen LogP contribution in [0.3, 0.4) is 0 Å². The van der Waals surface area contributed by atoms with Crippen LogP contribution in [0.25, 0.3) is 0 Å². The molecule has 2 aromatic carbocycles. The summed E-state index contributed by atoms with van der Waals surface area (Å²) in [5.41, 5.74) is 1.19. The summed E-state index contributed by atoms with van der Waals surface area (Å²) < 4.78 is 10.6.